The molecule has 4 atom stereocenters. The van der Waals surface area contributed by atoms with Gasteiger partial charge in [-0.25, -0.2) is 0 Å². The van der Waals surface area contributed by atoms with Gasteiger partial charge in [-0.2, -0.15) is 0 Å². The summed E-state index contributed by atoms with van der Waals surface area (Å²) in [6.07, 6.45) is 3.63. The molecule has 4 unspecified atom stereocenters. The summed E-state index contributed by atoms with van der Waals surface area (Å²) in [6.45, 7) is 1.86. The lowest BCUT2D eigenvalue weighted by Gasteiger charge is -2.15. The second-order valence-electron chi connectivity index (χ2n) is 5.55. The van der Waals surface area contributed by atoms with Gasteiger partial charge < -0.3 is 10.5 Å². The lowest BCUT2D eigenvalue weighted by Crippen LogP contribution is -2.26. The Labute approximate surface area is 103 Å². The zero-order valence-electron chi connectivity index (χ0n) is 10.2. The summed E-state index contributed by atoms with van der Waals surface area (Å²) in [5, 5.41) is 0. The summed E-state index contributed by atoms with van der Waals surface area (Å²) < 4.78 is 5.41. The minimum atomic E-state index is 0.368. The first-order chi connectivity index (χ1) is 8.34. The summed E-state index contributed by atoms with van der Waals surface area (Å²) in [6, 6.07) is 11.2. The molecule has 0 bridgehead atoms. The Morgan fingerprint density at radius 3 is 2.82 bits per heavy atom. The largest absolute Gasteiger partial charge is 0.381 e. The molecule has 3 rings (SSSR count). The Kier molecular flexibility index (Phi) is 3.17. The van der Waals surface area contributed by atoms with E-state index in [4.69, 9.17) is 10.5 Å². The van der Waals surface area contributed by atoms with Crippen LogP contribution in [0.5, 0.6) is 0 Å². The van der Waals surface area contributed by atoms with Crippen LogP contribution in [0.3, 0.4) is 0 Å². The van der Waals surface area contributed by atoms with E-state index in [9.17, 15) is 0 Å². The highest BCUT2D eigenvalue weighted by Crippen LogP contribution is 2.50. The van der Waals surface area contributed by atoms with Gasteiger partial charge in [0.05, 0.1) is 0 Å². The maximum atomic E-state index is 6.33. The molecule has 2 nitrogen and oxygen atoms in total. The topological polar surface area (TPSA) is 35.2 Å². The highest BCUT2D eigenvalue weighted by Gasteiger charge is 2.42. The molecule has 17 heavy (non-hydrogen) atoms. The van der Waals surface area contributed by atoms with Crippen molar-refractivity contribution in [3.05, 3.63) is 35.9 Å². The molecule has 1 aromatic carbocycles. The first kappa shape index (κ1) is 11.2. The predicted octanol–water partition coefficient (Wildman–Crippen LogP) is 2.54. The summed E-state index contributed by atoms with van der Waals surface area (Å²) >= 11 is 0. The number of ether oxygens (including phenoxy) is 1. The molecular formula is C15H21NO. The van der Waals surface area contributed by atoms with Crippen LogP contribution in [0.25, 0.3) is 0 Å². The van der Waals surface area contributed by atoms with Gasteiger partial charge in [-0.05, 0) is 42.6 Å². The van der Waals surface area contributed by atoms with Crippen LogP contribution in [-0.2, 0) is 4.74 Å². The Balaban J connectivity index is 1.53. The summed E-state index contributed by atoms with van der Waals surface area (Å²) in [5.74, 6) is 2.13. The van der Waals surface area contributed by atoms with Crippen LogP contribution in [-0.4, -0.2) is 19.3 Å². The van der Waals surface area contributed by atoms with Crippen molar-refractivity contribution < 1.29 is 4.74 Å². The fourth-order valence-corrected chi connectivity index (χ4v) is 3.10. The van der Waals surface area contributed by atoms with Crippen LogP contribution in [0.2, 0.25) is 0 Å². The number of hydrogen-bond acceptors (Lipinski definition) is 2. The van der Waals surface area contributed by atoms with Crippen molar-refractivity contribution in [3.8, 4) is 0 Å². The zero-order chi connectivity index (χ0) is 11.7. The molecule has 1 saturated carbocycles. The standard InChI is InChI=1S/C15H21NO/c16-15(8-11-6-7-17-10-11)14-9-13(14)12-4-2-1-3-5-12/h1-5,11,13-15H,6-10,16H2. The molecule has 1 saturated heterocycles. The SMILES string of the molecule is NC(CC1CCOC1)C1CC1c1ccccc1. The van der Waals surface area contributed by atoms with Gasteiger partial charge in [-0.3, -0.25) is 0 Å². The summed E-state index contributed by atoms with van der Waals surface area (Å²) in [7, 11) is 0. The van der Waals surface area contributed by atoms with E-state index in [1.165, 1.54) is 18.4 Å². The molecule has 2 heteroatoms. The van der Waals surface area contributed by atoms with Crippen molar-refractivity contribution >= 4 is 0 Å². The predicted molar refractivity (Wildman–Crippen MR) is 68.8 cm³/mol. The fourth-order valence-electron chi connectivity index (χ4n) is 3.10. The molecule has 0 aromatic heterocycles. The molecule has 1 aliphatic carbocycles. The van der Waals surface area contributed by atoms with Crippen LogP contribution in [0.15, 0.2) is 30.3 Å². The van der Waals surface area contributed by atoms with Crippen molar-refractivity contribution in [2.45, 2.75) is 31.2 Å². The molecular weight excluding hydrogens is 210 g/mol. The number of benzene rings is 1. The highest BCUT2D eigenvalue weighted by molar-refractivity contribution is 5.26. The Morgan fingerprint density at radius 2 is 2.12 bits per heavy atom. The summed E-state index contributed by atoms with van der Waals surface area (Å²) in [4.78, 5) is 0. The Bertz CT molecular complexity index is 358. The maximum absolute atomic E-state index is 6.33. The molecule has 0 amide bonds. The average molecular weight is 231 g/mol. The van der Waals surface area contributed by atoms with Crippen molar-refractivity contribution in [1.29, 1.82) is 0 Å². The second-order valence-corrected chi connectivity index (χ2v) is 5.55. The first-order valence-corrected chi connectivity index (χ1v) is 6.73. The van der Waals surface area contributed by atoms with Crippen LogP contribution >= 0.6 is 0 Å². The van der Waals surface area contributed by atoms with Gasteiger partial charge in [0.15, 0.2) is 0 Å². The zero-order valence-corrected chi connectivity index (χ0v) is 10.2. The van der Waals surface area contributed by atoms with Crippen LogP contribution in [0.4, 0.5) is 0 Å². The number of hydrogen-bond donors (Lipinski definition) is 1. The highest BCUT2D eigenvalue weighted by atomic mass is 16.5. The van der Waals surface area contributed by atoms with Crippen LogP contribution < -0.4 is 5.73 Å². The van der Waals surface area contributed by atoms with Gasteiger partial charge in [0.25, 0.3) is 0 Å². The van der Waals surface area contributed by atoms with Crippen molar-refractivity contribution in [3.63, 3.8) is 0 Å². The Morgan fingerprint density at radius 1 is 1.29 bits per heavy atom. The monoisotopic (exact) mass is 231 g/mol. The van der Waals surface area contributed by atoms with E-state index >= 15 is 0 Å². The van der Waals surface area contributed by atoms with E-state index in [0.29, 0.717) is 23.8 Å². The van der Waals surface area contributed by atoms with Crippen LogP contribution in [0.1, 0.15) is 30.7 Å². The van der Waals surface area contributed by atoms with Gasteiger partial charge in [0.2, 0.25) is 0 Å². The van der Waals surface area contributed by atoms with E-state index in [1.54, 1.807) is 0 Å². The Hall–Kier alpha value is -0.860. The molecule has 1 aliphatic heterocycles. The third-order valence-corrected chi connectivity index (χ3v) is 4.25. The molecule has 2 aliphatic rings. The van der Waals surface area contributed by atoms with Gasteiger partial charge >= 0.3 is 0 Å². The smallest absolute Gasteiger partial charge is 0.0495 e. The molecule has 0 radical (unpaired) electrons. The first-order valence-electron chi connectivity index (χ1n) is 6.73. The van der Waals surface area contributed by atoms with Gasteiger partial charge in [0, 0.05) is 19.3 Å². The normalized spacial score (nSPS) is 33.6. The minimum absolute atomic E-state index is 0.368. The molecule has 2 fully saturated rings. The van der Waals surface area contributed by atoms with Crippen molar-refractivity contribution in [2.75, 3.05) is 13.2 Å². The minimum Gasteiger partial charge on any atom is -0.381 e. The lowest BCUT2D eigenvalue weighted by molar-refractivity contribution is 0.182. The average Bonchev–Trinajstić information content (AvgIpc) is 3.02. The van der Waals surface area contributed by atoms with Crippen molar-refractivity contribution in [1.82, 2.24) is 0 Å². The lowest BCUT2D eigenvalue weighted by atomic mass is 9.95. The molecule has 0 spiro atoms. The van der Waals surface area contributed by atoms with E-state index in [0.717, 1.165) is 19.6 Å². The van der Waals surface area contributed by atoms with E-state index < -0.39 is 0 Å². The molecule has 92 valence electrons. The maximum Gasteiger partial charge on any atom is 0.0495 e. The van der Waals surface area contributed by atoms with Crippen molar-refractivity contribution in [2.24, 2.45) is 17.6 Å². The van der Waals surface area contributed by atoms with Gasteiger partial charge in [-0.15, -0.1) is 0 Å². The quantitative estimate of drug-likeness (QED) is 0.864. The number of nitrogens with two attached hydrogens (primary N) is 1. The molecule has 1 heterocycles. The molecule has 2 N–H and O–H groups in total. The van der Waals surface area contributed by atoms with E-state index in [1.807, 2.05) is 0 Å². The third kappa shape index (κ3) is 2.53. The van der Waals surface area contributed by atoms with Gasteiger partial charge in [0.1, 0.15) is 0 Å². The number of rotatable bonds is 4. The summed E-state index contributed by atoms with van der Waals surface area (Å²) in [5.41, 5.74) is 7.80. The van der Waals surface area contributed by atoms with E-state index in [-0.39, 0.29) is 0 Å². The van der Waals surface area contributed by atoms with Crippen LogP contribution in [0, 0.1) is 11.8 Å². The van der Waals surface area contributed by atoms with E-state index in [2.05, 4.69) is 30.3 Å². The fraction of sp³-hybridized carbons (Fsp3) is 0.600. The molecule has 1 aromatic rings. The van der Waals surface area contributed by atoms with Gasteiger partial charge in [-0.1, -0.05) is 30.3 Å². The second kappa shape index (κ2) is 4.79. The third-order valence-electron chi connectivity index (χ3n) is 4.25.